The predicted molar refractivity (Wildman–Crippen MR) is 114 cm³/mol. The van der Waals surface area contributed by atoms with Crippen LogP contribution in [0.25, 0.3) is 10.2 Å². The molecule has 29 heavy (non-hydrogen) atoms. The van der Waals surface area contributed by atoms with Gasteiger partial charge in [0.1, 0.15) is 16.3 Å². The Hall–Kier alpha value is -2.58. The van der Waals surface area contributed by atoms with E-state index in [2.05, 4.69) is 4.90 Å². The van der Waals surface area contributed by atoms with Gasteiger partial charge in [-0.05, 0) is 23.9 Å². The van der Waals surface area contributed by atoms with Crippen LogP contribution in [0.3, 0.4) is 0 Å². The number of aromatic nitrogens is 2. The van der Waals surface area contributed by atoms with Crippen LogP contribution in [0.4, 0.5) is 0 Å². The fourth-order valence-electron chi connectivity index (χ4n) is 3.81. The zero-order valence-electron chi connectivity index (χ0n) is 17.2. The Bertz CT molecular complexity index is 1110. The van der Waals surface area contributed by atoms with E-state index < -0.39 is 0 Å². The van der Waals surface area contributed by atoms with Crippen molar-refractivity contribution in [3.63, 3.8) is 0 Å². The highest BCUT2D eigenvalue weighted by atomic mass is 32.1. The van der Waals surface area contributed by atoms with Gasteiger partial charge in [0.25, 0.3) is 5.56 Å². The van der Waals surface area contributed by atoms with Gasteiger partial charge in [-0.2, -0.15) is 0 Å². The molecule has 0 atom stereocenters. The van der Waals surface area contributed by atoms with Crippen LogP contribution in [0.15, 0.2) is 22.3 Å². The smallest absolute Gasteiger partial charge is 0.271 e. The van der Waals surface area contributed by atoms with Crippen LogP contribution in [0.1, 0.15) is 17.0 Å². The molecule has 154 valence electrons. The van der Waals surface area contributed by atoms with E-state index in [0.29, 0.717) is 24.6 Å². The quantitative estimate of drug-likeness (QED) is 0.639. The van der Waals surface area contributed by atoms with Gasteiger partial charge < -0.3 is 14.2 Å². The summed E-state index contributed by atoms with van der Waals surface area (Å²) in [6.45, 7) is 4.92. The summed E-state index contributed by atoms with van der Waals surface area (Å²) >= 11 is 1.48. The van der Waals surface area contributed by atoms with E-state index in [1.165, 1.54) is 11.3 Å². The molecule has 4 rings (SSSR count). The van der Waals surface area contributed by atoms with Gasteiger partial charge in [0, 0.05) is 44.2 Å². The maximum atomic E-state index is 12.9. The van der Waals surface area contributed by atoms with Crippen molar-refractivity contribution in [3.8, 4) is 17.2 Å². The second kappa shape index (κ2) is 8.04. The number of hydrogen-bond acceptors (Lipinski definition) is 7. The summed E-state index contributed by atoms with van der Waals surface area (Å²) in [5, 5.41) is 2.01. The number of benzene rings is 1. The molecule has 8 heteroatoms. The standard InChI is InChI=1S/C21H25N3O4S/c1-13-12-29-20-19(13)22-18-5-6-23(7-8-24(18)21(20)25)11-14-9-16(27-3)17(28-4)10-15(14)26-2/h9-10,12H,5-8,11H2,1-4H3. The molecule has 1 aliphatic heterocycles. The Morgan fingerprint density at radius 1 is 1.03 bits per heavy atom. The normalized spacial score (nSPS) is 14.5. The number of methoxy groups -OCH3 is 3. The van der Waals surface area contributed by atoms with Crippen LogP contribution in [0.2, 0.25) is 0 Å². The van der Waals surface area contributed by atoms with E-state index in [9.17, 15) is 4.79 Å². The van der Waals surface area contributed by atoms with E-state index in [-0.39, 0.29) is 5.56 Å². The van der Waals surface area contributed by atoms with Crippen molar-refractivity contribution in [2.75, 3.05) is 34.4 Å². The zero-order valence-corrected chi connectivity index (χ0v) is 18.0. The van der Waals surface area contributed by atoms with Crippen molar-refractivity contribution in [3.05, 3.63) is 44.8 Å². The van der Waals surface area contributed by atoms with E-state index in [1.54, 1.807) is 21.3 Å². The van der Waals surface area contributed by atoms with Crippen molar-refractivity contribution in [2.24, 2.45) is 0 Å². The van der Waals surface area contributed by atoms with Crippen LogP contribution in [0, 0.1) is 6.92 Å². The first-order chi connectivity index (χ1) is 14.0. The molecule has 0 spiro atoms. The number of fused-ring (bicyclic) bond motifs is 2. The first kappa shape index (κ1) is 19.7. The van der Waals surface area contributed by atoms with Crippen LogP contribution in [0.5, 0.6) is 17.2 Å². The summed E-state index contributed by atoms with van der Waals surface area (Å²) in [5.74, 6) is 2.94. The first-order valence-electron chi connectivity index (χ1n) is 9.54. The van der Waals surface area contributed by atoms with Gasteiger partial charge >= 0.3 is 0 Å². The number of nitrogens with zero attached hydrogens (tertiary/aromatic N) is 3. The minimum Gasteiger partial charge on any atom is -0.496 e. The predicted octanol–water partition coefficient (Wildman–Crippen LogP) is 2.85. The molecule has 0 radical (unpaired) electrons. The summed E-state index contributed by atoms with van der Waals surface area (Å²) in [6, 6.07) is 3.81. The summed E-state index contributed by atoms with van der Waals surface area (Å²) in [7, 11) is 4.89. The topological polar surface area (TPSA) is 65.8 Å². The fraction of sp³-hybridized carbons (Fsp3) is 0.429. The lowest BCUT2D eigenvalue weighted by atomic mass is 10.1. The molecular weight excluding hydrogens is 390 g/mol. The highest BCUT2D eigenvalue weighted by Gasteiger charge is 2.21. The molecule has 3 heterocycles. The van der Waals surface area contributed by atoms with E-state index in [4.69, 9.17) is 19.2 Å². The number of thiophene rings is 1. The average molecular weight is 416 g/mol. The van der Waals surface area contributed by atoms with Gasteiger partial charge in [0.05, 0.1) is 26.8 Å². The van der Waals surface area contributed by atoms with Crippen molar-refractivity contribution in [1.29, 1.82) is 0 Å². The second-order valence-electron chi connectivity index (χ2n) is 7.13. The van der Waals surface area contributed by atoms with Gasteiger partial charge in [-0.15, -0.1) is 11.3 Å². The summed E-state index contributed by atoms with van der Waals surface area (Å²) in [4.78, 5) is 20.0. The maximum Gasteiger partial charge on any atom is 0.271 e. The minimum atomic E-state index is 0.0775. The van der Waals surface area contributed by atoms with Crippen molar-refractivity contribution in [1.82, 2.24) is 14.5 Å². The molecule has 1 aliphatic rings. The van der Waals surface area contributed by atoms with Gasteiger partial charge in [0.15, 0.2) is 11.5 Å². The molecule has 0 unspecified atom stereocenters. The highest BCUT2D eigenvalue weighted by molar-refractivity contribution is 7.17. The van der Waals surface area contributed by atoms with Crippen LogP contribution < -0.4 is 19.8 Å². The Balaban J connectivity index is 1.60. The summed E-state index contributed by atoms with van der Waals surface area (Å²) < 4.78 is 19.0. The van der Waals surface area contributed by atoms with Gasteiger partial charge in [-0.25, -0.2) is 4.98 Å². The molecule has 3 aromatic rings. The molecule has 0 N–H and O–H groups in total. The fourth-order valence-corrected chi connectivity index (χ4v) is 4.74. The van der Waals surface area contributed by atoms with Gasteiger partial charge in [-0.3, -0.25) is 14.3 Å². The van der Waals surface area contributed by atoms with Gasteiger partial charge in [0.2, 0.25) is 0 Å². The molecule has 0 amide bonds. The molecular formula is C21H25N3O4S. The molecule has 7 nitrogen and oxygen atoms in total. The lowest BCUT2D eigenvalue weighted by Gasteiger charge is -2.22. The Morgan fingerprint density at radius 3 is 2.48 bits per heavy atom. The Labute approximate surface area is 173 Å². The number of aryl methyl sites for hydroxylation is 1. The highest BCUT2D eigenvalue weighted by Crippen LogP contribution is 2.35. The summed E-state index contributed by atoms with van der Waals surface area (Å²) in [5.41, 5.74) is 3.02. The number of hydrogen-bond donors (Lipinski definition) is 0. The molecule has 2 aromatic heterocycles. The van der Waals surface area contributed by atoms with Crippen molar-refractivity contribution in [2.45, 2.75) is 26.4 Å². The zero-order chi connectivity index (χ0) is 20.5. The molecule has 0 bridgehead atoms. The van der Waals surface area contributed by atoms with E-state index in [0.717, 1.165) is 52.4 Å². The third kappa shape index (κ3) is 3.58. The van der Waals surface area contributed by atoms with E-state index >= 15 is 0 Å². The Morgan fingerprint density at radius 2 is 1.76 bits per heavy atom. The monoisotopic (exact) mass is 415 g/mol. The molecule has 0 saturated carbocycles. The third-order valence-corrected chi connectivity index (χ3v) is 6.48. The first-order valence-corrected chi connectivity index (χ1v) is 10.4. The maximum absolute atomic E-state index is 12.9. The van der Waals surface area contributed by atoms with Crippen LogP contribution in [-0.4, -0.2) is 48.9 Å². The third-order valence-electron chi connectivity index (χ3n) is 5.41. The van der Waals surface area contributed by atoms with Gasteiger partial charge in [-0.1, -0.05) is 0 Å². The SMILES string of the molecule is COc1cc(OC)c(OC)cc1CN1CCc2nc3c(C)csc3c(=O)n2CC1. The van der Waals surface area contributed by atoms with Crippen LogP contribution in [-0.2, 0) is 19.5 Å². The number of rotatable bonds is 5. The summed E-state index contributed by atoms with van der Waals surface area (Å²) in [6.07, 6.45) is 0.732. The minimum absolute atomic E-state index is 0.0775. The molecule has 0 fully saturated rings. The average Bonchev–Trinajstić information content (AvgIpc) is 2.98. The lowest BCUT2D eigenvalue weighted by Crippen LogP contribution is -2.28. The Kier molecular flexibility index (Phi) is 5.47. The van der Waals surface area contributed by atoms with Crippen molar-refractivity contribution >= 4 is 21.6 Å². The second-order valence-corrected chi connectivity index (χ2v) is 8.01. The van der Waals surface area contributed by atoms with E-state index in [1.807, 2.05) is 29.0 Å². The lowest BCUT2D eigenvalue weighted by molar-refractivity contribution is 0.265. The van der Waals surface area contributed by atoms with Crippen LogP contribution >= 0.6 is 11.3 Å². The molecule has 0 saturated heterocycles. The molecule has 1 aromatic carbocycles. The number of ether oxygens (including phenoxy) is 3. The molecule has 0 aliphatic carbocycles. The van der Waals surface area contributed by atoms with Crippen molar-refractivity contribution < 1.29 is 14.2 Å². The largest absolute Gasteiger partial charge is 0.496 e.